The second-order valence-electron chi connectivity index (χ2n) is 7.35. The van der Waals surface area contributed by atoms with E-state index in [4.69, 9.17) is 11.6 Å². The van der Waals surface area contributed by atoms with Gasteiger partial charge in [-0.3, -0.25) is 9.78 Å². The van der Waals surface area contributed by atoms with Crippen molar-refractivity contribution >= 4 is 17.5 Å². The normalized spacial score (nSPS) is 11.4. The largest absolute Gasteiger partial charge is 0.435 e. The third kappa shape index (κ3) is 4.90. The lowest BCUT2D eigenvalue weighted by molar-refractivity contribution is -0.141. The van der Waals surface area contributed by atoms with Crippen molar-refractivity contribution < 1.29 is 18.0 Å². The van der Waals surface area contributed by atoms with Crippen LogP contribution < -0.4 is 5.32 Å². The Bertz CT molecular complexity index is 1300. The lowest BCUT2D eigenvalue weighted by Crippen LogP contribution is -2.23. The number of nitrogens with zero attached hydrogens (tertiary/aromatic N) is 3. The van der Waals surface area contributed by atoms with Crippen LogP contribution in [0, 0.1) is 6.92 Å². The molecule has 2 heterocycles. The molecule has 0 radical (unpaired) electrons. The van der Waals surface area contributed by atoms with E-state index in [1.165, 1.54) is 4.68 Å². The van der Waals surface area contributed by atoms with Gasteiger partial charge in [0.2, 0.25) is 0 Å². The Hall–Kier alpha value is -3.65. The van der Waals surface area contributed by atoms with Crippen molar-refractivity contribution in [3.05, 3.63) is 100 Å². The Morgan fingerprint density at radius 1 is 1.09 bits per heavy atom. The van der Waals surface area contributed by atoms with Gasteiger partial charge in [-0.1, -0.05) is 35.9 Å². The Kier molecular flexibility index (Phi) is 6.20. The van der Waals surface area contributed by atoms with Gasteiger partial charge in [0.15, 0.2) is 5.69 Å². The molecule has 0 saturated heterocycles. The van der Waals surface area contributed by atoms with Crippen molar-refractivity contribution in [2.75, 3.05) is 0 Å². The van der Waals surface area contributed by atoms with Crippen molar-refractivity contribution in [1.82, 2.24) is 20.1 Å². The molecule has 0 fully saturated rings. The fraction of sp³-hybridized carbons (Fsp3) is 0.125. The van der Waals surface area contributed by atoms with Crippen LogP contribution in [0.15, 0.2) is 73.1 Å². The predicted molar refractivity (Wildman–Crippen MR) is 119 cm³/mol. The van der Waals surface area contributed by atoms with Gasteiger partial charge >= 0.3 is 6.18 Å². The number of pyridine rings is 1. The van der Waals surface area contributed by atoms with Crippen LogP contribution in [0.3, 0.4) is 0 Å². The SMILES string of the molecule is Cc1cc(-c2cc(C(F)(F)F)nn2-c2ccccc2Cl)ccc1C(=O)NCc1cccnc1. The summed E-state index contributed by atoms with van der Waals surface area (Å²) >= 11 is 6.23. The van der Waals surface area contributed by atoms with Gasteiger partial charge in [0.25, 0.3) is 5.91 Å². The number of hydrogen-bond acceptors (Lipinski definition) is 3. The zero-order chi connectivity index (χ0) is 23.6. The molecular weight excluding hydrogens is 453 g/mol. The van der Waals surface area contributed by atoms with Crippen LogP contribution in [-0.4, -0.2) is 20.7 Å². The van der Waals surface area contributed by atoms with Crippen LogP contribution in [0.4, 0.5) is 13.2 Å². The molecule has 0 aliphatic rings. The van der Waals surface area contributed by atoms with E-state index in [0.29, 0.717) is 28.9 Å². The molecule has 2 aromatic heterocycles. The molecule has 168 valence electrons. The van der Waals surface area contributed by atoms with Gasteiger partial charge in [-0.05, 0) is 54.4 Å². The number of carbonyl (C=O) groups is 1. The maximum absolute atomic E-state index is 13.4. The van der Waals surface area contributed by atoms with E-state index in [1.807, 2.05) is 6.07 Å². The quantitative estimate of drug-likeness (QED) is 0.398. The molecule has 2 aromatic carbocycles. The fourth-order valence-corrected chi connectivity index (χ4v) is 3.61. The first-order valence-corrected chi connectivity index (χ1v) is 10.3. The minimum atomic E-state index is -4.62. The topological polar surface area (TPSA) is 59.8 Å². The monoisotopic (exact) mass is 470 g/mol. The standard InChI is InChI=1S/C24H18ClF3N4O/c1-15-11-17(8-9-18(15)23(33)30-14-16-5-4-10-29-13-16)21-12-22(24(26,27)28)31-32(21)20-7-3-2-6-19(20)25/h2-13H,14H2,1H3,(H,30,33). The lowest BCUT2D eigenvalue weighted by Gasteiger charge is -2.12. The predicted octanol–water partition coefficient (Wildman–Crippen LogP) is 5.84. The number of hydrogen-bond donors (Lipinski definition) is 1. The first kappa shape index (κ1) is 22.5. The lowest BCUT2D eigenvalue weighted by atomic mass is 10.0. The highest BCUT2D eigenvalue weighted by Gasteiger charge is 2.35. The van der Waals surface area contributed by atoms with Crippen molar-refractivity contribution in [3.63, 3.8) is 0 Å². The van der Waals surface area contributed by atoms with E-state index in [-0.39, 0.29) is 16.6 Å². The Morgan fingerprint density at radius 2 is 1.88 bits per heavy atom. The highest BCUT2D eigenvalue weighted by molar-refractivity contribution is 6.32. The van der Waals surface area contributed by atoms with E-state index in [2.05, 4.69) is 15.4 Å². The molecule has 0 spiro atoms. The van der Waals surface area contributed by atoms with Crippen molar-refractivity contribution in [2.24, 2.45) is 0 Å². The number of para-hydroxylation sites is 1. The minimum absolute atomic E-state index is 0.209. The number of aryl methyl sites for hydroxylation is 1. The van der Waals surface area contributed by atoms with Crippen LogP contribution in [-0.2, 0) is 12.7 Å². The molecule has 0 aliphatic heterocycles. The number of benzene rings is 2. The smallest absolute Gasteiger partial charge is 0.348 e. The van der Waals surface area contributed by atoms with Gasteiger partial charge in [-0.15, -0.1) is 0 Å². The van der Waals surface area contributed by atoms with Gasteiger partial charge in [-0.2, -0.15) is 18.3 Å². The summed E-state index contributed by atoms with van der Waals surface area (Å²) < 4.78 is 41.4. The maximum Gasteiger partial charge on any atom is 0.435 e. The maximum atomic E-state index is 13.4. The molecule has 4 rings (SSSR count). The van der Waals surface area contributed by atoms with Crippen molar-refractivity contribution in [2.45, 2.75) is 19.6 Å². The molecule has 9 heteroatoms. The Labute approximate surface area is 192 Å². The molecule has 0 atom stereocenters. The first-order valence-electron chi connectivity index (χ1n) is 9.94. The van der Waals surface area contributed by atoms with Crippen molar-refractivity contribution in [1.29, 1.82) is 0 Å². The van der Waals surface area contributed by atoms with E-state index in [9.17, 15) is 18.0 Å². The van der Waals surface area contributed by atoms with E-state index < -0.39 is 11.9 Å². The van der Waals surface area contributed by atoms with Crippen LogP contribution in [0.5, 0.6) is 0 Å². The second kappa shape index (κ2) is 9.07. The average molecular weight is 471 g/mol. The summed E-state index contributed by atoms with van der Waals surface area (Å²) in [7, 11) is 0. The summed E-state index contributed by atoms with van der Waals surface area (Å²) in [5.41, 5.74) is 1.84. The average Bonchev–Trinajstić information content (AvgIpc) is 3.24. The Morgan fingerprint density at radius 3 is 2.55 bits per heavy atom. The summed E-state index contributed by atoms with van der Waals surface area (Å²) in [6.45, 7) is 2.03. The number of nitrogens with one attached hydrogen (secondary N) is 1. The summed E-state index contributed by atoms with van der Waals surface area (Å²) in [6, 6.07) is 15.9. The summed E-state index contributed by atoms with van der Waals surface area (Å²) in [5.74, 6) is -0.293. The molecule has 33 heavy (non-hydrogen) atoms. The van der Waals surface area contributed by atoms with Crippen LogP contribution >= 0.6 is 11.6 Å². The van der Waals surface area contributed by atoms with E-state index >= 15 is 0 Å². The van der Waals surface area contributed by atoms with Gasteiger partial charge < -0.3 is 5.32 Å². The number of halogens is 4. The fourth-order valence-electron chi connectivity index (χ4n) is 3.39. The van der Waals surface area contributed by atoms with E-state index in [0.717, 1.165) is 11.6 Å². The number of rotatable bonds is 5. The summed E-state index contributed by atoms with van der Waals surface area (Å²) in [6.07, 6.45) is -1.32. The Balaban J connectivity index is 1.68. The molecule has 5 nitrogen and oxygen atoms in total. The van der Waals surface area contributed by atoms with Gasteiger partial charge in [0.1, 0.15) is 0 Å². The van der Waals surface area contributed by atoms with E-state index in [1.54, 1.807) is 67.8 Å². The minimum Gasteiger partial charge on any atom is -0.348 e. The highest BCUT2D eigenvalue weighted by Crippen LogP contribution is 2.35. The number of alkyl halides is 3. The van der Waals surface area contributed by atoms with Gasteiger partial charge in [0.05, 0.1) is 16.4 Å². The first-order chi connectivity index (χ1) is 15.7. The summed E-state index contributed by atoms with van der Waals surface area (Å²) in [4.78, 5) is 16.6. The molecular formula is C24H18ClF3N4O. The molecule has 1 N–H and O–H groups in total. The zero-order valence-corrected chi connectivity index (χ0v) is 18.2. The second-order valence-corrected chi connectivity index (χ2v) is 7.76. The zero-order valence-electron chi connectivity index (χ0n) is 17.4. The molecule has 0 bridgehead atoms. The van der Waals surface area contributed by atoms with Crippen molar-refractivity contribution in [3.8, 4) is 16.9 Å². The van der Waals surface area contributed by atoms with Gasteiger partial charge in [-0.25, -0.2) is 4.68 Å². The molecule has 0 unspecified atom stereocenters. The molecule has 0 saturated carbocycles. The van der Waals surface area contributed by atoms with Gasteiger partial charge in [0, 0.05) is 30.1 Å². The summed E-state index contributed by atoms with van der Waals surface area (Å²) in [5, 5.41) is 6.85. The third-order valence-electron chi connectivity index (χ3n) is 5.02. The molecule has 1 amide bonds. The van der Waals surface area contributed by atoms with Crippen LogP contribution in [0.1, 0.15) is 27.2 Å². The molecule has 4 aromatic rings. The van der Waals surface area contributed by atoms with Crippen LogP contribution in [0.2, 0.25) is 5.02 Å². The highest BCUT2D eigenvalue weighted by atomic mass is 35.5. The number of carbonyl (C=O) groups excluding carboxylic acids is 1. The third-order valence-corrected chi connectivity index (χ3v) is 5.34. The number of aromatic nitrogens is 3. The number of amides is 1. The van der Waals surface area contributed by atoms with Crippen LogP contribution in [0.25, 0.3) is 16.9 Å². The molecule has 0 aliphatic carbocycles.